The number of amides is 3. The van der Waals surface area contributed by atoms with Crippen LogP contribution in [0.2, 0.25) is 0 Å². The number of hydrogen-bond donors (Lipinski definition) is 1. The topological polar surface area (TPSA) is 66.5 Å². The molecule has 1 atom stereocenters. The van der Waals surface area contributed by atoms with Gasteiger partial charge in [0.1, 0.15) is 0 Å². The van der Waals surface area contributed by atoms with Crippen LogP contribution >= 0.6 is 0 Å². The Hall–Kier alpha value is -2.17. The summed E-state index contributed by atoms with van der Waals surface area (Å²) in [5.41, 5.74) is 0.262. The fraction of sp³-hybridized carbons (Fsp3) is 0.357. The maximum atomic E-state index is 12.4. The summed E-state index contributed by atoms with van der Waals surface area (Å²) in [4.78, 5) is 37.3. The lowest BCUT2D eigenvalue weighted by Gasteiger charge is -2.40. The molecule has 0 saturated carbocycles. The Balaban J connectivity index is 1.98. The van der Waals surface area contributed by atoms with Crippen LogP contribution in [0.15, 0.2) is 24.3 Å². The standard InChI is InChI=1S/C14H14N2O3/c1-14(7-6-11(17)15-8-14)16-12(18)9-4-2-3-5-10(9)13(16)19/h2-5H,6-8H2,1H3,(H,15,17)/t14-/m1/s1. The largest absolute Gasteiger partial charge is 0.354 e. The highest BCUT2D eigenvalue weighted by Crippen LogP contribution is 2.33. The van der Waals surface area contributed by atoms with Crippen LogP contribution in [-0.2, 0) is 4.79 Å². The van der Waals surface area contributed by atoms with Gasteiger partial charge in [0.25, 0.3) is 11.8 Å². The molecule has 0 unspecified atom stereocenters. The summed E-state index contributed by atoms with van der Waals surface area (Å²) in [7, 11) is 0. The number of carbonyl (C=O) groups excluding carboxylic acids is 3. The van der Waals surface area contributed by atoms with Crippen molar-refractivity contribution in [2.45, 2.75) is 25.3 Å². The molecule has 0 spiro atoms. The third kappa shape index (κ3) is 1.65. The minimum absolute atomic E-state index is 0.0333. The average Bonchev–Trinajstić information content (AvgIpc) is 2.67. The zero-order chi connectivity index (χ0) is 13.6. The Kier molecular flexibility index (Phi) is 2.45. The Bertz CT molecular complexity index is 549. The lowest BCUT2D eigenvalue weighted by Crippen LogP contribution is -2.59. The predicted octanol–water partition coefficient (Wildman–Crippen LogP) is 0.951. The van der Waals surface area contributed by atoms with Crippen molar-refractivity contribution < 1.29 is 14.4 Å². The number of nitrogens with one attached hydrogen (secondary N) is 1. The number of rotatable bonds is 1. The molecule has 19 heavy (non-hydrogen) atoms. The van der Waals surface area contributed by atoms with Crippen molar-refractivity contribution in [3.63, 3.8) is 0 Å². The fourth-order valence-electron chi connectivity index (χ4n) is 2.72. The van der Waals surface area contributed by atoms with Crippen LogP contribution in [0.25, 0.3) is 0 Å². The Labute approximate surface area is 110 Å². The predicted molar refractivity (Wildman–Crippen MR) is 67.6 cm³/mol. The molecular weight excluding hydrogens is 244 g/mol. The van der Waals surface area contributed by atoms with Gasteiger partial charge >= 0.3 is 0 Å². The normalized spacial score (nSPS) is 26.4. The van der Waals surface area contributed by atoms with Gasteiger partial charge in [0.05, 0.1) is 16.7 Å². The summed E-state index contributed by atoms with van der Waals surface area (Å²) >= 11 is 0. The van der Waals surface area contributed by atoms with Crippen molar-refractivity contribution in [2.75, 3.05) is 6.54 Å². The lowest BCUT2D eigenvalue weighted by atomic mass is 9.90. The van der Waals surface area contributed by atoms with Gasteiger partial charge in [-0.05, 0) is 25.5 Å². The van der Waals surface area contributed by atoms with Gasteiger partial charge < -0.3 is 5.32 Å². The second kappa shape index (κ2) is 3.91. The van der Waals surface area contributed by atoms with Crippen molar-refractivity contribution in [2.24, 2.45) is 0 Å². The van der Waals surface area contributed by atoms with Crippen LogP contribution in [0.4, 0.5) is 0 Å². The first kappa shape index (κ1) is 11.9. The Morgan fingerprint density at radius 3 is 2.16 bits per heavy atom. The van der Waals surface area contributed by atoms with Crippen LogP contribution in [0.5, 0.6) is 0 Å². The van der Waals surface area contributed by atoms with E-state index in [0.29, 0.717) is 30.5 Å². The minimum atomic E-state index is -0.638. The van der Waals surface area contributed by atoms with E-state index in [1.165, 1.54) is 4.90 Å². The van der Waals surface area contributed by atoms with Crippen molar-refractivity contribution in [3.8, 4) is 0 Å². The summed E-state index contributed by atoms with van der Waals surface area (Å²) in [6.07, 6.45) is 0.841. The molecule has 3 amide bonds. The van der Waals surface area contributed by atoms with Gasteiger partial charge in [-0.1, -0.05) is 12.1 Å². The van der Waals surface area contributed by atoms with E-state index in [9.17, 15) is 14.4 Å². The van der Waals surface area contributed by atoms with Crippen molar-refractivity contribution >= 4 is 17.7 Å². The molecule has 5 nitrogen and oxygen atoms in total. The van der Waals surface area contributed by atoms with Crippen molar-refractivity contribution in [1.82, 2.24) is 10.2 Å². The molecule has 2 heterocycles. The number of hydrogen-bond acceptors (Lipinski definition) is 3. The van der Waals surface area contributed by atoms with Gasteiger partial charge in [0.2, 0.25) is 5.91 Å². The Morgan fingerprint density at radius 1 is 1.11 bits per heavy atom. The molecule has 1 aromatic carbocycles. The summed E-state index contributed by atoms with van der Waals surface area (Å²) in [6, 6.07) is 6.83. The first-order valence-electron chi connectivity index (χ1n) is 6.27. The van der Waals surface area contributed by atoms with Gasteiger partial charge in [0, 0.05) is 13.0 Å². The van der Waals surface area contributed by atoms with Crippen molar-refractivity contribution in [3.05, 3.63) is 35.4 Å². The zero-order valence-electron chi connectivity index (χ0n) is 10.6. The highest BCUT2D eigenvalue weighted by molar-refractivity contribution is 6.21. The fourth-order valence-corrected chi connectivity index (χ4v) is 2.72. The number of benzene rings is 1. The maximum absolute atomic E-state index is 12.4. The molecule has 2 aliphatic heterocycles. The number of carbonyl (C=O) groups is 3. The van der Waals surface area contributed by atoms with E-state index in [4.69, 9.17) is 0 Å². The van der Waals surface area contributed by atoms with Gasteiger partial charge in [-0.3, -0.25) is 19.3 Å². The number of fused-ring (bicyclic) bond motifs is 1. The van der Waals surface area contributed by atoms with E-state index >= 15 is 0 Å². The molecule has 0 aromatic heterocycles. The highest BCUT2D eigenvalue weighted by atomic mass is 16.2. The van der Waals surface area contributed by atoms with Crippen LogP contribution in [-0.4, -0.2) is 34.7 Å². The van der Waals surface area contributed by atoms with Crippen LogP contribution in [0.3, 0.4) is 0 Å². The summed E-state index contributed by atoms with van der Waals surface area (Å²) in [5, 5.41) is 2.73. The minimum Gasteiger partial charge on any atom is -0.354 e. The van der Waals surface area contributed by atoms with Gasteiger partial charge in [-0.15, -0.1) is 0 Å². The third-order valence-corrected chi connectivity index (χ3v) is 3.89. The molecule has 1 saturated heterocycles. The second-order valence-corrected chi connectivity index (χ2v) is 5.26. The molecule has 0 radical (unpaired) electrons. The molecule has 0 aliphatic carbocycles. The SMILES string of the molecule is C[C@@]1(N2C(=O)c3ccccc3C2=O)CCC(=O)NC1. The summed E-state index contributed by atoms with van der Waals surface area (Å²) in [6.45, 7) is 2.16. The van der Waals surface area contributed by atoms with Crippen LogP contribution in [0, 0.1) is 0 Å². The zero-order valence-corrected chi connectivity index (χ0v) is 10.6. The first-order valence-corrected chi connectivity index (χ1v) is 6.27. The molecule has 1 N–H and O–H groups in total. The average molecular weight is 258 g/mol. The monoisotopic (exact) mass is 258 g/mol. The quantitative estimate of drug-likeness (QED) is 0.763. The molecular formula is C14H14N2O3. The third-order valence-electron chi connectivity index (χ3n) is 3.89. The molecule has 1 fully saturated rings. The van der Waals surface area contributed by atoms with E-state index < -0.39 is 5.54 Å². The van der Waals surface area contributed by atoms with Crippen LogP contribution in [0.1, 0.15) is 40.5 Å². The van der Waals surface area contributed by atoms with Crippen molar-refractivity contribution in [1.29, 1.82) is 0 Å². The molecule has 3 rings (SSSR count). The lowest BCUT2D eigenvalue weighted by molar-refractivity contribution is -0.124. The van der Waals surface area contributed by atoms with E-state index in [1.54, 1.807) is 24.3 Å². The van der Waals surface area contributed by atoms with Gasteiger partial charge in [0.15, 0.2) is 0 Å². The smallest absolute Gasteiger partial charge is 0.262 e. The number of piperidine rings is 1. The van der Waals surface area contributed by atoms with E-state index in [0.717, 1.165) is 0 Å². The highest BCUT2D eigenvalue weighted by Gasteiger charge is 2.47. The number of nitrogens with zero attached hydrogens (tertiary/aromatic N) is 1. The van der Waals surface area contributed by atoms with Gasteiger partial charge in [-0.25, -0.2) is 0 Å². The van der Waals surface area contributed by atoms with E-state index in [2.05, 4.69) is 5.32 Å². The molecule has 2 aliphatic rings. The first-order chi connectivity index (χ1) is 9.03. The van der Waals surface area contributed by atoms with Crippen LogP contribution < -0.4 is 5.32 Å². The number of imide groups is 1. The molecule has 5 heteroatoms. The van der Waals surface area contributed by atoms with Gasteiger partial charge in [-0.2, -0.15) is 0 Å². The molecule has 1 aromatic rings. The Morgan fingerprint density at radius 2 is 1.68 bits per heavy atom. The maximum Gasteiger partial charge on any atom is 0.262 e. The molecule has 0 bridgehead atoms. The second-order valence-electron chi connectivity index (χ2n) is 5.26. The van der Waals surface area contributed by atoms with E-state index in [-0.39, 0.29) is 17.7 Å². The summed E-state index contributed by atoms with van der Waals surface area (Å²) in [5.74, 6) is -0.562. The summed E-state index contributed by atoms with van der Waals surface area (Å²) < 4.78 is 0. The molecule has 98 valence electrons. The van der Waals surface area contributed by atoms with E-state index in [1.807, 2.05) is 6.92 Å².